The maximum Gasteiger partial charge on any atom is 0.242 e. The molecular weight excluding hydrogens is 178 g/mol. The van der Waals surface area contributed by atoms with E-state index >= 15 is 0 Å². The summed E-state index contributed by atoms with van der Waals surface area (Å²) in [6, 6.07) is 0. The lowest BCUT2D eigenvalue weighted by atomic mass is 10.4. The molecule has 2 rings (SSSR count). The van der Waals surface area contributed by atoms with Crippen LogP contribution in [0.5, 0.6) is 0 Å². The highest BCUT2D eigenvalue weighted by molar-refractivity contribution is 5.76. The van der Waals surface area contributed by atoms with Gasteiger partial charge in [0.25, 0.3) is 0 Å². The van der Waals surface area contributed by atoms with E-state index in [9.17, 15) is 4.79 Å². The van der Waals surface area contributed by atoms with E-state index in [2.05, 4.69) is 4.98 Å². The van der Waals surface area contributed by atoms with Gasteiger partial charge in [0, 0.05) is 19.3 Å². The summed E-state index contributed by atoms with van der Waals surface area (Å²) < 4.78 is 1.84. The molecule has 0 spiro atoms. The summed E-state index contributed by atoms with van der Waals surface area (Å²) in [6.07, 6.45) is 5.90. The number of hydrogen-bond acceptors (Lipinski definition) is 2. The number of aromatic nitrogens is 2. The number of aryl methyl sites for hydroxylation is 1. The molecule has 2 heterocycles. The molecule has 1 amide bonds. The fourth-order valence-corrected chi connectivity index (χ4v) is 1.78. The van der Waals surface area contributed by atoms with E-state index in [1.807, 2.05) is 22.6 Å². The van der Waals surface area contributed by atoms with Gasteiger partial charge in [0.05, 0.1) is 12.0 Å². The average Bonchev–Trinajstić information content (AvgIpc) is 2.75. The Morgan fingerprint density at radius 2 is 2.21 bits per heavy atom. The van der Waals surface area contributed by atoms with Crippen molar-refractivity contribution in [3.8, 4) is 0 Å². The minimum atomic E-state index is 0.208. The highest BCUT2D eigenvalue weighted by Gasteiger charge is 2.17. The maximum atomic E-state index is 11.7. The van der Waals surface area contributed by atoms with Crippen LogP contribution in [0.15, 0.2) is 12.5 Å². The summed E-state index contributed by atoms with van der Waals surface area (Å²) in [6.45, 7) is 4.21. The predicted octanol–water partition coefficient (Wildman–Crippen LogP) is 0.814. The molecule has 0 atom stereocenters. The van der Waals surface area contributed by atoms with Gasteiger partial charge in [0.1, 0.15) is 6.54 Å². The van der Waals surface area contributed by atoms with Gasteiger partial charge in [0.2, 0.25) is 5.91 Å². The SMILES string of the molecule is Cc1cn(CC(=O)N2CCCC2)cn1. The standard InChI is InChI=1S/C10H15N3O/c1-9-6-12(8-11-9)7-10(14)13-4-2-3-5-13/h6,8H,2-5,7H2,1H3. The molecule has 4 heteroatoms. The van der Waals surface area contributed by atoms with Crippen LogP contribution in [-0.2, 0) is 11.3 Å². The second-order valence-corrected chi connectivity index (χ2v) is 3.78. The number of carbonyl (C=O) groups excluding carboxylic acids is 1. The van der Waals surface area contributed by atoms with Crippen LogP contribution >= 0.6 is 0 Å². The fraction of sp³-hybridized carbons (Fsp3) is 0.600. The Hall–Kier alpha value is -1.32. The van der Waals surface area contributed by atoms with Crippen LogP contribution in [0.3, 0.4) is 0 Å². The first-order chi connectivity index (χ1) is 6.75. The molecule has 0 unspecified atom stereocenters. The first kappa shape index (κ1) is 9.24. The number of imidazole rings is 1. The van der Waals surface area contributed by atoms with Gasteiger partial charge in [-0.05, 0) is 19.8 Å². The van der Waals surface area contributed by atoms with E-state index < -0.39 is 0 Å². The average molecular weight is 193 g/mol. The molecule has 0 saturated carbocycles. The number of likely N-dealkylation sites (tertiary alicyclic amines) is 1. The number of carbonyl (C=O) groups is 1. The third-order valence-corrected chi connectivity index (χ3v) is 2.54. The van der Waals surface area contributed by atoms with Gasteiger partial charge in [-0.3, -0.25) is 4.79 Å². The van der Waals surface area contributed by atoms with Crippen LogP contribution in [0.4, 0.5) is 0 Å². The fourth-order valence-electron chi connectivity index (χ4n) is 1.78. The molecule has 1 aliphatic rings. The minimum absolute atomic E-state index is 0.208. The molecule has 0 bridgehead atoms. The monoisotopic (exact) mass is 193 g/mol. The Morgan fingerprint density at radius 1 is 1.50 bits per heavy atom. The van der Waals surface area contributed by atoms with Gasteiger partial charge in [0.15, 0.2) is 0 Å². The van der Waals surface area contributed by atoms with E-state index in [-0.39, 0.29) is 5.91 Å². The number of amides is 1. The molecule has 1 saturated heterocycles. The van der Waals surface area contributed by atoms with Gasteiger partial charge >= 0.3 is 0 Å². The topological polar surface area (TPSA) is 38.1 Å². The molecule has 14 heavy (non-hydrogen) atoms. The van der Waals surface area contributed by atoms with Gasteiger partial charge in [-0.25, -0.2) is 4.98 Å². The summed E-state index contributed by atoms with van der Waals surface area (Å²) in [5.74, 6) is 0.208. The van der Waals surface area contributed by atoms with E-state index in [1.54, 1.807) is 6.33 Å². The molecule has 0 aromatic carbocycles. The van der Waals surface area contributed by atoms with Gasteiger partial charge in [-0.2, -0.15) is 0 Å². The van der Waals surface area contributed by atoms with Crippen molar-refractivity contribution in [2.45, 2.75) is 26.3 Å². The van der Waals surface area contributed by atoms with E-state index in [1.165, 1.54) is 0 Å². The van der Waals surface area contributed by atoms with E-state index in [0.29, 0.717) is 6.54 Å². The molecule has 0 radical (unpaired) electrons. The Bertz CT molecular complexity index is 326. The maximum absolute atomic E-state index is 11.7. The largest absolute Gasteiger partial charge is 0.341 e. The summed E-state index contributed by atoms with van der Waals surface area (Å²) in [4.78, 5) is 17.7. The van der Waals surface area contributed by atoms with E-state index in [0.717, 1.165) is 31.6 Å². The van der Waals surface area contributed by atoms with Gasteiger partial charge in [-0.15, -0.1) is 0 Å². The number of rotatable bonds is 2. The Morgan fingerprint density at radius 3 is 2.79 bits per heavy atom. The van der Waals surface area contributed by atoms with E-state index in [4.69, 9.17) is 0 Å². The number of hydrogen-bond donors (Lipinski definition) is 0. The van der Waals surface area contributed by atoms with Crippen molar-refractivity contribution in [3.05, 3.63) is 18.2 Å². The third kappa shape index (κ3) is 1.95. The minimum Gasteiger partial charge on any atom is -0.341 e. The summed E-state index contributed by atoms with van der Waals surface area (Å²) >= 11 is 0. The molecule has 76 valence electrons. The van der Waals surface area contributed by atoms with Crippen molar-refractivity contribution >= 4 is 5.91 Å². The first-order valence-electron chi connectivity index (χ1n) is 5.02. The van der Waals surface area contributed by atoms with Crippen LogP contribution in [0.1, 0.15) is 18.5 Å². The molecule has 0 N–H and O–H groups in total. The van der Waals surface area contributed by atoms with Crippen molar-refractivity contribution in [2.75, 3.05) is 13.1 Å². The van der Waals surface area contributed by atoms with Crippen molar-refractivity contribution in [1.29, 1.82) is 0 Å². The Labute approximate surface area is 83.5 Å². The lowest BCUT2D eigenvalue weighted by molar-refractivity contribution is -0.130. The molecule has 1 aliphatic heterocycles. The lowest BCUT2D eigenvalue weighted by Gasteiger charge is -2.14. The molecular formula is C10H15N3O. The van der Waals surface area contributed by atoms with Gasteiger partial charge in [-0.1, -0.05) is 0 Å². The Kier molecular flexibility index (Phi) is 2.52. The van der Waals surface area contributed by atoms with Crippen LogP contribution < -0.4 is 0 Å². The molecule has 1 aromatic heterocycles. The van der Waals surface area contributed by atoms with Crippen molar-refractivity contribution in [3.63, 3.8) is 0 Å². The molecule has 1 aromatic rings. The molecule has 1 fully saturated rings. The van der Waals surface area contributed by atoms with Crippen molar-refractivity contribution in [1.82, 2.24) is 14.5 Å². The van der Waals surface area contributed by atoms with Crippen LogP contribution in [-0.4, -0.2) is 33.4 Å². The lowest BCUT2D eigenvalue weighted by Crippen LogP contribution is -2.30. The van der Waals surface area contributed by atoms with Gasteiger partial charge < -0.3 is 9.47 Å². The normalized spacial score (nSPS) is 16.2. The first-order valence-corrected chi connectivity index (χ1v) is 5.02. The zero-order valence-corrected chi connectivity index (χ0v) is 8.44. The second-order valence-electron chi connectivity index (χ2n) is 3.78. The van der Waals surface area contributed by atoms with Crippen LogP contribution in [0, 0.1) is 6.92 Å². The highest BCUT2D eigenvalue weighted by atomic mass is 16.2. The second kappa shape index (κ2) is 3.82. The predicted molar refractivity (Wildman–Crippen MR) is 52.8 cm³/mol. The quantitative estimate of drug-likeness (QED) is 0.697. The zero-order chi connectivity index (χ0) is 9.97. The zero-order valence-electron chi connectivity index (χ0n) is 8.44. The molecule has 0 aliphatic carbocycles. The summed E-state index contributed by atoms with van der Waals surface area (Å²) in [7, 11) is 0. The van der Waals surface area contributed by atoms with Crippen molar-refractivity contribution < 1.29 is 4.79 Å². The third-order valence-electron chi connectivity index (χ3n) is 2.54. The van der Waals surface area contributed by atoms with Crippen LogP contribution in [0.25, 0.3) is 0 Å². The van der Waals surface area contributed by atoms with Crippen molar-refractivity contribution in [2.24, 2.45) is 0 Å². The Balaban J connectivity index is 1.93. The number of nitrogens with zero attached hydrogens (tertiary/aromatic N) is 3. The summed E-state index contributed by atoms with van der Waals surface area (Å²) in [5.41, 5.74) is 0.958. The van der Waals surface area contributed by atoms with Crippen LogP contribution in [0.2, 0.25) is 0 Å². The highest BCUT2D eigenvalue weighted by Crippen LogP contribution is 2.08. The summed E-state index contributed by atoms with van der Waals surface area (Å²) in [5, 5.41) is 0. The molecule has 4 nitrogen and oxygen atoms in total. The smallest absolute Gasteiger partial charge is 0.242 e.